The van der Waals surface area contributed by atoms with Crippen LogP contribution in [0.4, 0.5) is 4.39 Å². The molecule has 3 aromatic rings. The minimum Gasteiger partial charge on any atom is -0.497 e. The molecule has 1 saturated heterocycles. The number of rotatable bonds is 5. The van der Waals surface area contributed by atoms with Crippen molar-refractivity contribution in [2.45, 2.75) is 12.1 Å². The quantitative estimate of drug-likeness (QED) is 0.626. The summed E-state index contributed by atoms with van der Waals surface area (Å²) >= 11 is 0. The second kappa shape index (κ2) is 8.79. The number of hydrogen-bond donors (Lipinski definition) is 2. The van der Waals surface area contributed by atoms with Crippen LogP contribution in [0.1, 0.15) is 27.5 Å². The molecule has 0 bridgehead atoms. The number of benzene rings is 3. The molecule has 1 aliphatic heterocycles. The highest BCUT2D eigenvalue weighted by Crippen LogP contribution is 2.25. The molecule has 1 aliphatic rings. The summed E-state index contributed by atoms with van der Waals surface area (Å²) in [6.45, 7) is 0. The number of carbonyl (C=O) groups is 2. The molecule has 0 aliphatic carbocycles. The molecule has 2 atom stereocenters. The Morgan fingerprint density at radius 1 is 1.03 bits per heavy atom. The van der Waals surface area contributed by atoms with E-state index in [0.717, 1.165) is 5.56 Å². The van der Waals surface area contributed by atoms with Gasteiger partial charge in [0.25, 0.3) is 5.91 Å². The molecule has 7 heteroatoms. The minimum absolute atomic E-state index is 0.339. The summed E-state index contributed by atoms with van der Waals surface area (Å²) in [5.41, 5.74) is 4.78. The van der Waals surface area contributed by atoms with E-state index in [9.17, 15) is 14.0 Å². The average Bonchev–Trinajstić information content (AvgIpc) is 3.10. The number of methoxy groups -OCH3 is 1. The van der Waals surface area contributed by atoms with E-state index >= 15 is 0 Å². The Hall–Kier alpha value is -4.00. The van der Waals surface area contributed by atoms with Crippen LogP contribution < -0.4 is 15.5 Å². The number of nitrogens with zero attached hydrogens (tertiary/aromatic N) is 1. The fourth-order valence-electron chi connectivity index (χ4n) is 3.51. The second-order valence-corrected chi connectivity index (χ2v) is 7.10. The van der Waals surface area contributed by atoms with Gasteiger partial charge >= 0.3 is 5.91 Å². The van der Waals surface area contributed by atoms with Crippen LogP contribution >= 0.6 is 0 Å². The van der Waals surface area contributed by atoms with Gasteiger partial charge in [0.05, 0.1) is 7.11 Å². The number of hydrogen-bond acceptors (Lipinski definition) is 3. The van der Waals surface area contributed by atoms with Crippen molar-refractivity contribution in [2.24, 2.45) is 0 Å². The largest absolute Gasteiger partial charge is 0.497 e. The molecule has 4 rings (SSSR count). The highest BCUT2D eigenvalue weighted by molar-refractivity contribution is 5.98. The molecule has 0 spiro atoms. The lowest BCUT2D eigenvalue weighted by molar-refractivity contribution is -0.596. The van der Waals surface area contributed by atoms with Crippen molar-refractivity contribution in [3.63, 3.8) is 0 Å². The van der Waals surface area contributed by atoms with Gasteiger partial charge in [0.15, 0.2) is 6.04 Å². The van der Waals surface area contributed by atoms with Gasteiger partial charge in [-0.15, -0.1) is 10.1 Å². The van der Waals surface area contributed by atoms with Crippen molar-refractivity contribution in [1.82, 2.24) is 10.7 Å². The highest BCUT2D eigenvalue weighted by atomic mass is 19.1. The molecule has 0 unspecified atom stereocenters. The van der Waals surface area contributed by atoms with E-state index in [0.29, 0.717) is 16.9 Å². The van der Waals surface area contributed by atoms with E-state index in [4.69, 9.17) is 4.74 Å². The summed E-state index contributed by atoms with van der Waals surface area (Å²) < 4.78 is 20.0. The maximum atomic E-state index is 13.3. The Labute approximate surface area is 179 Å². The lowest BCUT2D eigenvalue weighted by Gasteiger charge is -2.14. The van der Waals surface area contributed by atoms with Crippen LogP contribution in [0.15, 0.2) is 78.9 Å². The normalized spacial score (nSPS) is 19.2. The molecule has 2 N–H and O–H groups in total. The number of carbonyl (C=O) groups excluding carboxylic acids is 2. The topological polar surface area (TPSA) is 70.4 Å². The van der Waals surface area contributed by atoms with Crippen LogP contribution in [0.2, 0.25) is 0 Å². The first kappa shape index (κ1) is 20.3. The lowest BCUT2D eigenvalue weighted by atomic mass is 10.00. The van der Waals surface area contributed by atoms with Crippen molar-refractivity contribution >= 4 is 18.0 Å². The maximum absolute atomic E-state index is 13.3. The zero-order valence-corrected chi connectivity index (χ0v) is 16.8. The smallest absolute Gasteiger partial charge is 0.304 e. The van der Waals surface area contributed by atoms with Crippen LogP contribution in [0.5, 0.6) is 5.75 Å². The van der Waals surface area contributed by atoms with Crippen LogP contribution in [-0.2, 0) is 4.79 Å². The molecule has 0 aromatic heterocycles. The molecule has 0 radical (unpaired) electrons. The van der Waals surface area contributed by atoms with Gasteiger partial charge in [-0.1, -0.05) is 30.3 Å². The van der Waals surface area contributed by atoms with Crippen LogP contribution in [-0.4, -0.2) is 35.9 Å². The van der Waals surface area contributed by atoms with E-state index < -0.39 is 12.1 Å². The zero-order valence-electron chi connectivity index (χ0n) is 16.8. The lowest BCUT2D eigenvalue weighted by Crippen LogP contribution is -2.42. The molecule has 31 heavy (non-hydrogen) atoms. The van der Waals surface area contributed by atoms with Crippen molar-refractivity contribution in [3.8, 4) is 5.75 Å². The Kier molecular flexibility index (Phi) is 5.75. The fraction of sp³-hybridized carbons (Fsp3) is 0.125. The number of nitrogens with one attached hydrogen (secondary N) is 2. The van der Waals surface area contributed by atoms with E-state index in [1.807, 2.05) is 30.3 Å². The SMILES string of the molecule is COc1ccc(C(=O)N[C@H]2C(=O)N/[N+](=C\c3ccc(F)cc3)[C@H]2c2ccccc2)cc1. The molecular weight excluding hydrogens is 397 g/mol. The van der Waals surface area contributed by atoms with Crippen molar-refractivity contribution in [2.75, 3.05) is 7.11 Å². The Morgan fingerprint density at radius 3 is 2.35 bits per heavy atom. The third-order valence-corrected chi connectivity index (χ3v) is 5.08. The third kappa shape index (κ3) is 4.45. The third-order valence-electron chi connectivity index (χ3n) is 5.08. The molecule has 6 nitrogen and oxygen atoms in total. The summed E-state index contributed by atoms with van der Waals surface area (Å²) in [6, 6.07) is 20.7. The van der Waals surface area contributed by atoms with Crippen LogP contribution in [0.25, 0.3) is 0 Å². The Balaban J connectivity index is 1.65. The van der Waals surface area contributed by atoms with Gasteiger partial charge in [-0.05, 0) is 48.5 Å². The molecule has 0 saturated carbocycles. The number of hydrazone groups is 1. The van der Waals surface area contributed by atoms with Crippen LogP contribution in [0, 0.1) is 5.82 Å². The minimum atomic E-state index is -0.825. The van der Waals surface area contributed by atoms with E-state index in [-0.39, 0.29) is 17.6 Å². The van der Waals surface area contributed by atoms with Crippen LogP contribution in [0.3, 0.4) is 0 Å². The molecule has 156 valence electrons. The first-order chi connectivity index (χ1) is 15.0. The number of amides is 2. The van der Waals surface area contributed by atoms with Crippen molar-refractivity contribution in [3.05, 3.63) is 101 Å². The predicted octanol–water partition coefficient (Wildman–Crippen LogP) is 2.85. The summed E-state index contributed by atoms with van der Waals surface area (Å²) in [7, 11) is 1.55. The first-order valence-corrected chi connectivity index (χ1v) is 9.74. The number of ether oxygens (including phenoxy) is 1. The summed E-state index contributed by atoms with van der Waals surface area (Å²) in [4.78, 5) is 25.6. The standard InChI is InChI=1S/C24H20FN3O3/c1-31-20-13-9-18(10-14-20)23(29)26-21-22(17-5-3-2-4-6-17)28(27-24(21)30)15-16-7-11-19(25)12-8-16/h2-15,21-22H,1H3,(H-,26,27,29,30)/p+1/b28-15-/t21-,22+/m1/s1. The van der Waals surface area contributed by atoms with E-state index in [1.54, 1.807) is 54.4 Å². The highest BCUT2D eigenvalue weighted by Gasteiger charge is 2.47. The molecule has 1 heterocycles. The summed E-state index contributed by atoms with van der Waals surface area (Å²) in [5, 5.41) is 2.84. The molecular formula is C24H21FN3O3+. The van der Waals surface area contributed by atoms with E-state index in [2.05, 4.69) is 10.7 Å². The van der Waals surface area contributed by atoms with Gasteiger partial charge in [-0.2, -0.15) is 0 Å². The van der Waals surface area contributed by atoms with Crippen molar-refractivity contribution in [1.29, 1.82) is 0 Å². The summed E-state index contributed by atoms with van der Waals surface area (Å²) in [5.74, 6) is -0.411. The first-order valence-electron chi connectivity index (χ1n) is 9.74. The Bertz CT molecular complexity index is 1110. The summed E-state index contributed by atoms with van der Waals surface area (Å²) in [6.07, 6.45) is 1.72. The number of hydrazine groups is 1. The van der Waals surface area contributed by atoms with Gasteiger partial charge in [0.1, 0.15) is 11.6 Å². The van der Waals surface area contributed by atoms with Gasteiger partial charge in [-0.25, -0.2) is 4.39 Å². The molecule has 2 amide bonds. The van der Waals surface area contributed by atoms with Gasteiger partial charge < -0.3 is 10.1 Å². The van der Waals surface area contributed by atoms with E-state index in [1.165, 1.54) is 12.1 Å². The zero-order chi connectivity index (χ0) is 21.8. The molecule has 3 aromatic carbocycles. The van der Waals surface area contributed by atoms with Gasteiger partial charge in [0, 0.05) is 16.7 Å². The van der Waals surface area contributed by atoms with Crippen molar-refractivity contribution < 1.29 is 23.4 Å². The predicted molar refractivity (Wildman–Crippen MR) is 113 cm³/mol. The fourth-order valence-corrected chi connectivity index (χ4v) is 3.51. The maximum Gasteiger partial charge on any atom is 0.304 e. The monoisotopic (exact) mass is 418 g/mol. The Morgan fingerprint density at radius 2 is 1.71 bits per heavy atom. The average molecular weight is 418 g/mol. The second-order valence-electron chi connectivity index (χ2n) is 7.10. The molecule has 1 fully saturated rings. The van der Waals surface area contributed by atoms with Gasteiger partial charge in [0.2, 0.25) is 12.3 Å². The van der Waals surface area contributed by atoms with Gasteiger partial charge in [-0.3, -0.25) is 9.59 Å². The number of halogens is 1.